The molecular formula is C30H43NO7. The molecule has 8 heteroatoms. The minimum Gasteiger partial charge on any atom is -0.458 e. The van der Waals surface area contributed by atoms with Gasteiger partial charge in [-0.1, -0.05) is 33.3 Å². The average Bonchev–Trinajstić information content (AvgIpc) is 3.79. The van der Waals surface area contributed by atoms with E-state index >= 15 is 0 Å². The quantitative estimate of drug-likeness (QED) is 0.445. The molecule has 2 N–H and O–H groups in total. The first-order valence-corrected chi connectivity index (χ1v) is 13.9. The molecule has 3 aliphatic heterocycles. The predicted octanol–water partition coefficient (Wildman–Crippen LogP) is 3.88. The summed E-state index contributed by atoms with van der Waals surface area (Å²) in [6.07, 6.45) is 3.81. The molecule has 3 saturated heterocycles. The van der Waals surface area contributed by atoms with Crippen LogP contribution in [0.25, 0.3) is 6.08 Å². The largest absolute Gasteiger partial charge is 0.458 e. The van der Waals surface area contributed by atoms with Crippen molar-refractivity contribution < 1.29 is 34.0 Å². The molecule has 3 unspecified atom stereocenters. The molecule has 0 saturated carbocycles. The van der Waals surface area contributed by atoms with E-state index in [0.29, 0.717) is 19.4 Å². The van der Waals surface area contributed by atoms with Gasteiger partial charge in [-0.3, -0.25) is 14.6 Å². The molecule has 3 fully saturated rings. The van der Waals surface area contributed by atoms with Crippen LogP contribution < -0.4 is 0 Å². The zero-order valence-electron chi connectivity index (χ0n) is 23.3. The van der Waals surface area contributed by atoms with E-state index in [4.69, 9.17) is 14.2 Å². The van der Waals surface area contributed by atoms with Gasteiger partial charge < -0.3 is 24.4 Å². The number of aliphatic hydroxyl groups excluding tert-OH is 2. The van der Waals surface area contributed by atoms with Crippen LogP contribution in [0.4, 0.5) is 0 Å². The highest BCUT2D eigenvalue weighted by molar-refractivity contribution is 5.88. The van der Waals surface area contributed by atoms with E-state index < -0.39 is 35.6 Å². The normalized spacial score (nSPS) is 38.7. The summed E-state index contributed by atoms with van der Waals surface area (Å²) in [6.45, 7) is 9.80. The number of ketones is 1. The second-order valence-corrected chi connectivity index (χ2v) is 12.2. The Morgan fingerprint density at radius 1 is 1.21 bits per heavy atom. The van der Waals surface area contributed by atoms with Crippen molar-refractivity contribution in [2.24, 2.45) is 17.3 Å². The maximum atomic E-state index is 13.7. The molecule has 4 rings (SSSR count). The number of hydrogen-bond donors (Lipinski definition) is 2. The Bertz CT molecular complexity index is 1020. The lowest BCUT2D eigenvalue weighted by atomic mass is 9.71. The Kier molecular flexibility index (Phi) is 8.77. The standard InChI is InChI=1S/C30H43NO7/c1-18-9-8-11-30(5)25(38-30)15-23(19(2)13-20-10-6-7-12-31-20)37-26(33)16-24(32)29(3,4)28(35)22(27(18)34)14-21-17-36-21/h6-7,10,12-13,18,21-25,27,32,34H,8-9,11,14-17H2,1-5H3/t18-,21?,22+,23-,24-,25?,27+,30?/m0/s1. The SMILES string of the molecule is CC(=Cc1ccccn1)[C@@H]1CC2OC2(C)CCC[C@H](C)[C@@H](O)[C@@H](CC2CO2)C(=O)C(C)(C)[C@@H](O)CC(=O)O1. The highest BCUT2D eigenvalue weighted by atomic mass is 16.6. The van der Waals surface area contributed by atoms with Gasteiger partial charge in [0.15, 0.2) is 0 Å². The molecule has 1 aromatic heterocycles. The number of nitrogens with zero attached hydrogens (tertiary/aromatic N) is 1. The van der Waals surface area contributed by atoms with Crippen molar-refractivity contribution >= 4 is 17.8 Å². The Hall–Kier alpha value is -2.13. The van der Waals surface area contributed by atoms with Gasteiger partial charge in [0.1, 0.15) is 11.9 Å². The van der Waals surface area contributed by atoms with Crippen LogP contribution in [0.15, 0.2) is 30.0 Å². The zero-order chi connectivity index (χ0) is 27.7. The second-order valence-electron chi connectivity index (χ2n) is 12.2. The summed E-state index contributed by atoms with van der Waals surface area (Å²) in [7, 11) is 0. The number of hydrogen-bond acceptors (Lipinski definition) is 8. The van der Waals surface area contributed by atoms with E-state index in [1.165, 1.54) is 0 Å². The number of rotatable bonds is 4. The summed E-state index contributed by atoms with van der Waals surface area (Å²) in [5.74, 6) is -1.61. The van der Waals surface area contributed by atoms with Gasteiger partial charge in [-0.05, 0) is 62.8 Å². The van der Waals surface area contributed by atoms with Crippen LogP contribution in [0, 0.1) is 17.3 Å². The van der Waals surface area contributed by atoms with Gasteiger partial charge in [-0.25, -0.2) is 0 Å². The molecule has 0 aliphatic carbocycles. The second kappa shape index (κ2) is 11.5. The number of fused-ring (bicyclic) bond motifs is 1. The Labute approximate surface area is 225 Å². The van der Waals surface area contributed by atoms with E-state index in [1.807, 2.05) is 38.1 Å². The number of ether oxygens (including phenoxy) is 3. The van der Waals surface area contributed by atoms with Gasteiger partial charge in [0.05, 0.1) is 54.2 Å². The van der Waals surface area contributed by atoms with Crippen molar-refractivity contribution in [3.05, 3.63) is 35.7 Å². The van der Waals surface area contributed by atoms with Crippen LogP contribution in [0.1, 0.15) is 78.8 Å². The summed E-state index contributed by atoms with van der Waals surface area (Å²) in [5.41, 5.74) is 0.0267. The zero-order valence-corrected chi connectivity index (χ0v) is 23.3. The van der Waals surface area contributed by atoms with Crippen LogP contribution in [-0.4, -0.2) is 69.7 Å². The van der Waals surface area contributed by atoms with Gasteiger partial charge in [0.25, 0.3) is 0 Å². The maximum absolute atomic E-state index is 13.7. The van der Waals surface area contributed by atoms with Gasteiger partial charge in [-0.2, -0.15) is 0 Å². The molecule has 0 bridgehead atoms. The third-order valence-corrected chi connectivity index (χ3v) is 8.72. The molecule has 8 nitrogen and oxygen atoms in total. The summed E-state index contributed by atoms with van der Waals surface area (Å²) < 4.78 is 17.4. The molecule has 0 amide bonds. The van der Waals surface area contributed by atoms with Gasteiger partial charge in [0, 0.05) is 18.5 Å². The van der Waals surface area contributed by atoms with Crippen LogP contribution >= 0.6 is 0 Å². The molecule has 0 spiro atoms. The Morgan fingerprint density at radius 3 is 2.61 bits per heavy atom. The highest BCUT2D eigenvalue weighted by Gasteiger charge is 2.53. The predicted molar refractivity (Wildman–Crippen MR) is 142 cm³/mol. The van der Waals surface area contributed by atoms with Gasteiger partial charge in [-0.15, -0.1) is 0 Å². The topological polar surface area (TPSA) is 122 Å². The number of epoxide rings is 2. The fraction of sp³-hybridized carbons (Fsp3) is 0.700. The van der Waals surface area contributed by atoms with E-state index in [-0.39, 0.29) is 35.9 Å². The van der Waals surface area contributed by atoms with Crippen molar-refractivity contribution in [3.63, 3.8) is 0 Å². The molecule has 1 aromatic rings. The monoisotopic (exact) mass is 529 g/mol. The number of aliphatic hydroxyl groups is 2. The molecule has 3 aliphatic rings. The first-order chi connectivity index (χ1) is 17.9. The Balaban J connectivity index is 1.58. The van der Waals surface area contributed by atoms with Crippen LogP contribution in [0.2, 0.25) is 0 Å². The third kappa shape index (κ3) is 6.89. The van der Waals surface area contributed by atoms with Gasteiger partial charge in [0.2, 0.25) is 0 Å². The molecule has 0 radical (unpaired) electrons. The number of Topliss-reactive ketones (excluding diaryl/α,β-unsaturated/α-hetero) is 1. The first kappa shape index (κ1) is 28.9. The summed E-state index contributed by atoms with van der Waals surface area (Å²) >= 11 is 0. The van der Waals surface area contributed by atoms with Crippen molar-refractivity contribution in [3.8, 4) is 0 Å². The van der Waals surface area contributed by atoms with E-state index in [0.717, 1.165) is 30.5 Å². The van der Waals surface area contributed by atoms with E-state index in [2.05, 4.69) is 11.9 Å². The van der Waals surface area contributed by atoms with Gasteiger partial charge >= 0.3 is 5.97 Å². The Morgan fingerprint density at radius 2 is 1.95 bits per heavy atom. The fourth-order valence-corrected chi connectivity index (χ4v) is 5.61. The molecular weight excluding hydrogens is 486 g/mol. The number of carbonyl (C=O) groups is 2. The third-order valence-electron chi connectivity index (χ3n) is 8.72. The van der Waals surface area contributed by atoms with Crippen molar-refractivity contribution in [1.29, 1.82) is 0 Å². The lowest BCUT2D eigenvalue weighted by Gasteiger charge is -2.36. The molecule has 210 valence electrons. The molecule has 8 atom stereocenters. The fourth-order valence-electron chi connectivity index (χ4n) is 5.61. The van der Waals surface area contributed by atoms with Crippen molar-refractivity contribution in [2.45, 2.75) is 109 Å². The highest BCUT2D eigenvalue weighted by Crippen LogP contribution is 2.45. The first-order valence-electron chi connectivity index (χ1n) is 13.9. The van der Waals surface area contributed by atoms with E-state index in [1.54, 1.807) is 20.0 Å². The lowest BCUT2D eigenvalue weighted by Crippen LogP contribution is -2.47. The van der Waals surface area contributed by atoms with Crippen molar-refractivity contribution in [1.82, 2.24) is 4.98 Å². The number of cyclic esters (lactones) is 1. The number of carbonyl (C=O) groups excluding carboxylic acids is 2. The van der Waals surface area contributed by atoms with Crippen LogP contribution in [0.3, 0.4) is 0 Å². The smallest absolute Gasteiger partial charge is 0.309 e. The minimum absolute atomic E-state index is 0.0523. The van der Waals surface area contributed by atoms with Crippen LogP contribution in [-0.2, 0) is 23.8 Å². The van der Waals surface area contributed by atoms with E-state index in [9.17, 15) is 19.8 Å². The summed E-state index contributed by atoms with van der Waals surface area (Å²) in [4.78, 5) is 31.2. The van der Waals surface area contributed by atoms with Crippen LogP contribution in [0.5, 0.6) is 0 Å². The maximum Gasteiger partial charge on any atom is 0.309 e. The summed E-state index contributed by atoms with van der Waals surface area (Å²) in [5, 5.41) is 22.3. The lowest BCUT2D eigenvalue weighted by molar-refractivity contribution is -0.155. The summed E-state index contributed by atoms with van der Waals surface area (Å²) in [6, 6.07) is 5.62. The minimum atomic E-state index is -1.26. The number of pyridine rings is 1. The van der Waals surface area contributed by atoms with Crippen molar-refractivity contribution in [2.75, 3.05) is 6.61 Å². The molecule has 0 aromatic carbocycles. The average molecular weight is 530 g/mol. The molecule has 38 heavy (non-hydrogen) atoms. The molecule has 4 heterocycles. The number of aromatic nitrogens is 1. The number of esters is 1.